The third kappa shape index (κ3) is 2.73. The summed E-state index contributed by atoms with van der Waals surface area (Å²) < 4.78 is 1.25. The van der Waals surface area contributed by atoms with E-state index in [1.165, 1.54) is 37.9 Å². The number of hydrogen-bond acceptors (Lipinski definition) is 0. The highest BCUT2D eigenvalue weighted by Gasteiger charge is 2.10. The van der Waals surface area contributed by atoms with Crippen molar-refractivity contribution in [1.29, 1.82) is 0 Å². The minimum absolute atomic E-state index is 1.07. The lowest BCUT2D eigenvalue weighted by molar-refractivity contribution is 0.913. The molecule has 0 aromatic heterocycles. The van der Waals surface area contributed by atoms with Gasteiger partial charge in [-0.3, -0.25) is 0 Å². The first kappa shape index (κ1) is 13.6. The average molecular weight is 327 g/mol. The van der Waals surface area contributed by atoms with E-state index in [1.54, 1.807) is 0 Å². The first-order chi connectivity index (χ1) is 9.63. The molecule has 0 amide bonds. The molecule has 0 saturated carbocycles. The smallest absolute Gasteiger partial charge is 0.0210 e. The highest BCUT2D eigenvalue weighted by Crippen LogP contribution is 2.26. The van der Waals surface area contributed by atoms with Crippen molar-refractivity contribution in [1.82, 2.24) is 0 Å². The molecule has 1 heteroatoms. The predicted octanol–water partition coefficient (Wildman–Crippen LogP) is 5.37. The number of aryl methyl sites for hydroxylation is 4. The van der Waals surface area contributed by atoms with Crippen LogP contribution in [0.5, 0.6) is 0 Å². The van der Waals surface area contributed by atoms with Gasteiger partial charge in [-0.15, -0.1) is 0 Å². The summed E-state index contributed by atoms with van der Waals surface area (Å²) >= 11 is 3.72. The normalized spacial score (nSPS) is 13.9. The van der Waals surface area contributed by atoms with Gasteiger partial charge in [-0.25, -0.2) is 0 Å². The van der Waals surface area contributed by atoms with Crippen molar-refractivity contribution in [2.75, 3.05) is 0 Å². The SMILES string of the molecule is C=C(C)c1cc2ccc1CCc1ccc(cc1Br)CC2. The van der Waals surface area contributed by atoms with Gasteiger partial charge in [-0.1, -0.05) is 58.4 Å². The zero-order chi connectivity index (χ0) is 14.1. The summed E-state index contributed by atoms with van der Waals surface area (Å²) in [6.07, 6.45) is 4.32. The molecular weight excluding hydrogens is 308 g/mol. The van der Waals surface area contributed by atoms with E-state index in [2.05, 4.69) is 65.8 Å². The standard InChI is InChI=1S/C19H19Br/c1-13(2)18-11-14-3-4-15-6-8-17(19(20)12-15)10-9-16(18)7-5-14/h5-8,11-12H,1,3-4,9-10H2,2H3. The predicted molar refractivity (Wildman–Crippen MR) is 90.1 cm³/mol. The van der Waals surface area contributed by atoms with Gasteiger partial charge in [0.2, 0.25) is 0 Å². The van der Waals surface area contributed by atoms with Crippen LogP contribution in [0.3, 0.4) is 0 Å². The van der Waals surface area contributed by atoms with Crippen molar-refractivity contribution in [3.63, 3.8) is 0 Å². The second-order valence-electron chi connectivity index (χ2n) is 5.70. The molecule has 4 bridgehead atoms. The topological polar surface area (TPSA) is 0 Å². The fourth-order valence-electron chi connectivity index (χ4n) is 2.90. The van der Waals surface area contributed by atoms with Gasteiger partial charge in [0.05, 0.1) is 0 Å². The van der Waals surface area contributed by atoms with Crippen LogP contribution in [-0.4, -0.2) is 0 Å². The largest absolute Gasteiger partial charge is 0.0955 e. The Bertz CT molecular complexity index is 667. The molecule has 2 aromatic carbocycles. The van der Waals surface area contributed by atoms with Crippen molar-refractivity contribution in [3.05, 3.63) is 75.3 Å². The maximum absolute atomic E-state index is 4.15. The van der Waals surface area contributed by atoms with Gasteiger partial charge in [0.25, 0.3) is 0 Å². The molecule has 0 fully saturated rings. The number of allylic oxidation sites excluding steroid dienone is 1. The molecule has 0 radical (unpaired) electrons. The van der Waals surface area contributed by atoms with Gasteiger partial charge in [0, 0.05) is 4.47 Å². The molecule has 0 nitrogen and oxygen atoms in total. The van der Waals surface area contributed by atoms with Crippen LogP contribution in [0, 0.1) is 0 Å². The summed E-state index contributed by atoms with van der Waals surface area (Å²) in [6.45, 7) is 6.26. The second kappa shape index (κ2) is 5.57. The van der Waals surface area contributed by atoms with E-state index in [-0.39, 0.29) is 0 Å². The number of rotatable bonds is 1. The molecular formula is C19H19Br. The van der Waals surface area contributed by atoms with Crippen LogP contribution in [0.25, 0.3) is 5.57 Å². The van der Waals surface area contributed by atoms with Gasteiger partial charge >= 0.3 is 0 Å². The zero-order valence-corrected chi connectivity index (χ0v) is 13.5. The summed E-state index contributed by atoms with van der Waals surface area (Å²) in [4.78, 5) is 0. The summed E-state index contributed by atoms with van der Waals surface area (Å²) in [7, 11) is 0. The van der Waals surface area contributed by atoms with Crippen molar-refractivity contribution < 1.29 is 0 Å². The van der Waals surface area contributed by atoms with E-state index in [0.29, 0.717) is 0 Å². The van der Waals surface area contributed by atoms with Crippen molar-refractivity contribution >= 4 is 21.5 Å². The van der Waals surface area contributed by atoms with Crippen LogP contribution in [0.4, 0.5) is 0 Å². The molecule has 2 aromatic rings. The van der Waals surface area contributed by atoms with Gasteiger partial charge in [0.1, 0.15) is 0 Å². The molecule has 0 aliphatic heterocycles. The molecule has 0 N–H and O–H groups in total. The summed E-state index contributed by atoms with van der Waals surface area (Å²) in [5.41, 5.74) is 8.14. The van der Waals surface area contributed by atoms with Crippen molar-refractivity contribution in [3.8, 4) is 0 Å². The van der Waals surface area contributed by atoms with Gasteiger partial charge < -0.3 is 0 Å². The lowest BCUT2D eigenvalue weighted by Crippen LogP contribution is -2.02. The van der Waals surface area contributed by atoms with Crippen molar-refractivity contribution in [2.45, 2.75) is 32.6 Å². The monoisotopic (exact) mass is 326 g/mol. The van der Waals surface area contributed by atoms with E-state index in [0.717, 1.165) is 25.7 Å². The third-order valence-electron chi connectivity index (χ3n) is 4.12. The lowest BCUT2D eigenvalue weighted by Gasteiger charge is -2.15. The Kier molecular flexibility index (Phi) is 3.80. The minimum atomic E-state index is 1.07. The Morgan fingerprint density at radius 1 is 0.900 bits per heavy atom. The third-order valence-corrected chi connectivity index (χ3v) is 4.86. The first-order valence-electron chi connectivity index (χ1n) is 7.18. The van der Waals surface area contributed by atoms with E-state index in [1.807, 2.05) is 0 Å². The first-order valence-corrected chi connectivity index (χ1v) is 7.98. The van der Waals surface area contributed by atoms with Crippen LogP contribution in [0.15, 0.2) is 47.4 Å². The summed E-state index contributed by atoms with van der Waals surface area (Å²) in [5.74, 6) is 0. The molecule has 0 heterocycles. The Hall–Kier alpha value is -1.34. The summed E-state index contributed by atoms with van der Waals surface area (Å²) in [5, 5.41) is 0. The van der Waals surface area contributed by atoms with Crippen LogP contribution in [0.2, 0.25) is 0 Å². The molecule has 0 saturated heterocycles. The van der Waals surface area contributed by atoms with E-state index >= 15 is 0 Å². The van der Waals surface area contributed by atoms with Crippen LogP contribution >= 0.6 is 15.9 Å². The average Bonchev–Trinajstić information content (AvgIpc) is 2.42. The fraction of sp³-hybridized carbons (Fsp3) is 0.263. The summed E-state index contributed by atoms with van der Waals surface area (Å²) in [6, 6.07) is 13.7. The van der Waals surface area contributed by atoms with E-state index in [9.17, 15) is 0 Å². The molecule has 102 valence electrons. The Morgan fingerprint density at radius 3 is 2.15 bits per heavy atom. The molecule has 0 atom stereocenters. The Morgan fingerprint density at radius 2 is 1.50 bits per heavy atom. The highest BCUT2D eigenvalue weighted by atomic mass is 79.9. The van der Waals surface area contributed by atoms with E-state index < -0.39 is 0 Å². The Labute approximate surface area is 129 Å². The molecule has 4 aliphatic carbocycles. The molecule has 4 aliphatic rings. The second-order valence-corrected chi connectivity index (χ2v) is 6.55. The van der Waals surface area contributed by atoms with Gasteiger partial charge in [0.15, 0.2) is 0 Å². The molecule has 0 unspecified atom stereocenters. The fourth-order valence-corrected chi connectivity index (χ4v) is 3.53. The van der Waals surface area contributed by atoms with Crippen LogP contribution < -0.4 is 0 Å². The Balaban J connectivity index is 2.06. The molecule has 20 heavy (non-hydrogen) atoms. The lowest BCUT2D eigenvalue weighted by atomic mass is 9.91. The highest BCUT2D eigenvalue weighted by molar-refractivity contribution is 9.10. The minimum Gasteiger partial charge on any atom is -0.0955 e. The molecule has 0 spiro atoms. The number of halogens is 1. The zero-order valence-electron chi connectivity index (χ0n) is 11.9. The van der Waals surface area contributed by atoms with Gasteiger partial charge in [-0.2, -0.15) is 0 Å². The number of benzene rings is 2. The van der Waals surface area contributed by atoms with Gasteiger partial charge in [-0.05, 0) is 66.5 Å². The maximum Gasteiger partial charge on any atom is 0.0210 e. The number of hydrogen-bond donors (Lipinski definition) is 0. The maximum atomic E-state index is 4.15. The quantitative estimate of drug-likeness (QED) is 0.661. The van der Waals surface area contributed by atoms with Crippen LogP contribution in [-0.2, 0) is 25.7 Å². The van der Waals surface area contributed by atoms with E-state index in [4.69, 9.17) is 0 Å². The molecule has 6 rings (SSSR count). The van der Waals surface area contributed by atoms with Crippen LogP contribution in [0.1, 0.15) is 34.7 Å². The van der Waals surface area contributed by atoms with Crippen molar-refractivity contribution in [2.24, 2.45) is 0 Å².